The second-order valence-corrected chi connectivity index (χ2v) is 10.0. The van der Waals surface area contributed by atoms with Crippen molar-refractivity contribution in [2.45, 2.75) is 32.7 Å². The number of nitrogen functional groups attached to an aromatic ring is 1. The van der Waals surface area contributed by atoms with Crippen molar-refractivity contribution in [2.24, 2.45) is 11.1 Å². The van der Waals surface area contributed by atoms with Crippen LogP contribution in [0.15, 0.2) is 42.6 Å². The Labute approximate surface area is 212 Å². The zero-order valence-electron chi connectivity index (χ0n) is 19.9. The van der Waals surface area contributed by atoms with Gasteiger partial charge in [-0.15, -0.1) is 0 Å². The number of nitrogens with two attached hydrogens (primary N) is 2. The van der Waals surface area contributed by atoms with E-state index in [1.54, 1.807) is 19.1 Å². The van der Waals surface area contributed by atoms with Gasteiger partial charge in [0.05, 0.1) is 11.5 Å². The number of hydrogen-bond acceptors (Lipinski definition) is 9. The number of benzene rings is 1. The largest absolute Gasteiger partial charge is 0.382 e. The summed E-state index contributed by atoms with van der Waals surface area (Å²) < 4.78 is 13.5. The lowest BCUT2D eigenvalue weighted by atomic mass is 9.82. The van der Waals surface area contributed by atoms with E-state index in [2.05, 4.69) is 20.9 Å². The first kappa shape index (κ1) is 25.1. The Hall–Kier alpha value is -4.04. The van der Waals surface area contributed by atoms with Crippen molar-refractivity contribution in [1.29, 1.82) is 5.26 Å². The van der Waals surface area contributed by atoms with E-state index in [1.165, 1.54) is 35.4 Å². The summed E-state index contributed by atoms with van der Waals surface area (Å²) >= 11 is 1.02. The number of rotatable bonds is 7. The first-order valence-electron chi connectivity index (χ1n) is 11.4. The maximum absolute atomic E-state index is 13.5. The average molecular weight is 508 g/mol. The third-order valence-corrected chi connectivity index (χ3v) is 7.50. The van der Waals surface area contributed by atoms with E-state index in [0.29, 0.717) is 24.3 Å². The van der Waals surface area contributed by atoms with Gasteiger partial charge in [-0.25, -0.2) is 14.4 Å². The predicted molar refractivity (Wildman–Crippen MR) is 137 cm³/mol. The van der Waals surface area contributed by atoms with E-state index in [1.807, 2.05) is 6.92 Å². The van der Waals surface area contributed by atoms with Crippen molar-refractivity contribution >= 4 is 45.5 Å². The Balaban J connectivity index is 1.57. The molecule has 1 saturated heterocycles. The zero-order valence-corrected chi connectivity index (χ0v) is 20.8. The van der Waals surface area contributed by atoms with E-state index in [4.69, 9.17) is 11.5 Å². The maximum atomic E-state index is 13.5. The summed E-state index contributed by atoms with van der Waals surface area (Å²) in [6, 6.07) is 10.5. The van der Waals surface area contributed by atoms with Crippen LogP contribution in [0.4, 0.5) is 26.8 Å². The molecule has 0 radical (unpaired) electrons. The van der Waals surface area contributed by atoms with E-state index < -0.39 is 17.8 Å². The lowest BCUT2D eigenvalue weighted by molar-refractivity contribution is -0.118. The number of primary amides is 1. The third-order valence-electron chi connectivity index (χ3n) is 6.43. The number of piperidine rings is 1. The van der Waals surface area contributed by atoms with Gasteiger partial charge in [0.2, 0.25) is 11.7 Å². The molecular weight excluding hydrogens is 481 g/mol. The minimum absolute atomic E-state index is 0.0136. The number of amides is 1. The van der Waals surface area contributed by atoms with E-state index in [9.17, 15) is 19.2 Å². The summed E-state index contributed by atoms with van der Waals surface area (Å²) in [6.45, 7) is 4.99. The maximum Gasteiger partial charge on any atom is 0.240 e. The molecule has 1 aliphatic rings. The Morgan fingerprint density at radius 1 is 1.22 bits per heavy atom. The van der Waals surface area contributed by atoms with Crippen molar-refractivity contribution in [2.75, 3.05) is 28.6 Å². The van der Waals surface area contributed by atoms with Gasteiger partial charge in [-0.2, -0.15) is 5.26 Å². The van der Waals surface area contributed by atoms with Gasteiger partial charge < -0.3 is 21.3 Å². The molecule has 1 fully saturated rings. The summed E-state index contributed by atoms with van der Waals surface area (Å²) in [5, 5.41) is 9.61. The summed E-state index contributed by atoms with van der Waals surface area (Å²) in [5.74, 6) is -0.646. The molecule has 1 aromatic carbocycles. The van der Waals surface area contributed by atoms with Crippen LogP contribution in [0, 0.1) is 22.6 Å². The highest BCUT2D eigenvalue weighted by molar-refractivity contribution is 7.18. The highest BCUT2D eigenvalue weighted by atomic mass is 32.1. The molecule has 3 aromatic rings. The normalized spacial score (nSPS) is 15.7. The highest BCUT2D eigenvalue weighted by Crippen LogP contribution is 2.36. The fourth-order valence-corrected chi connectivity index (χ4v) is 5.04. The Bertz CT molecular complexity index is 1310. The molecule has 9 nitrogen and oxygen atoms in total. The number of aromatic nitrogens is 2. The van der Waals surface area contributed by atoms with Crippen LogP contribution in [-0.4, -0.2) is 40.8 Å². The number of anilines is 4. The third kappa shape index (κ3) is 4.99. The van der Waals surface area contributed by atoms with Gasteiger partial charge in [-0.05, 0) is 63.1 Å². The Morgan fingerprint density at radius 3 is 2.44 bits per heavy atom. The molecule has 1 aliphatic heterocycles. The lowest BCUT2D eigenvalue weighted by Gasteiger charge is -2.35. The molecule has 4 N–H and O–H groups in total. The van der Waals surface area contributed by atoms with E-state index in [-0.39, 0.29) is 27.0 Å². The quantitative estimate of drug-likeness (QED) is 0.462. The van der Waals surface area contributed by atoms with E-state index in [0.717, 1.165) is 30.0 Å². The van der Waals surface area contributed by atoms with Crippen LogP contribution < -0.4 is 21.3 Å². The summed E-state index contributed by atoms with van der Waals surface area (Å²) in [6.07, 6.45) is 3.00. The number of ketones is 1. The molecule has 0 unspecified atom stereocenters. The smallest absolute Gasteiger partial charge is 0.240 e. The molecule has 4 rings (SSSR count). The summed E-state index contributed by atoms with van der Waals surface area (Å²) in [7, 11) is 0. The van der Waals surface area contributed by atoms with Crippen LogP contribution in [0.2, 0.25) is 0 Å². The number of carbonyl (C=O) groups excluding carboxylic acids is 2. The van der Waals surface area contributed by atoms with Crippen LogP contribution in [0.1, 0.15) is 41.9 Å². The molecule has 0 saturated carbocycles. The Kier molecular flexibility index (Phi) is 6.90. The van der Waals surface area contributed by atoms with Crippen LogP contribution in [0.25, 0.3) is 0 Å². The van der Waals surface area contributed by atoms with Crippen LogP contribution >= 0.6 is 11.3 Å². The molecule has 0 aliphatic carbocycles. The molecule has 1 atom stereocenters. The fraction of sp³-hybridized carbons (Fsp3) is 0.320. The van der Waals surface area contributed by atoms with Crippen LogP contribution in [0.5, 0.6) is 0 Å². The number of thiazole rings is 1. The number of halogens is 1. The first-order chi connectivity index (χ1) is 17.1. The second-order valence-electron chi connectivity index (χ2n) is 9.03. The minimum atomic E-state index is -0.822. The standard InChI is InChI=1S/C25H26FN7O2S/c1-15(23(29)35)33(18-6-4-17(26)5-7-18)24-31-22(28)21(36-24)20(34)16-3-8-19(30-13-16)32-11-9-25(2,14-27)10-12-32/h3-8,13,15H,9-12,28H2,1-2H3,(H2,29,35)/t15-/m0/s1. The number of hydrogen-bond donors (Lipinski definition) is 2. The summed E-state index contributed by atoms with van der Waals surface area (Å²) in [4.78, 5) is 37.8. The van der Waals surface area contributed by atoms with Crippen molar-refractivity contribution in [3.8, 4) is 6.07 Å². The van der Waals surface area contributed by atoms with Gasteiger partial charge in [0.1, 0.15) is 28.4 Å². The SMILES string of the molecule is C[C@@H](C(N)=O)N(c1ccc(F)cc1)c1nc(N)c(C(=O)c2ccc(N3CCC(C)(C#N)CC3)nc2)s1. The van der Waals surface area contributed by atoms with Crippen molar-refractivity contribution in [1.82, 2.24) is 9.97 Å². The molecule has 0 spiro atoms. The highest BCUT2D eigenvalue weighted by Gasteiger charge is 2.31. The monoisotopic (exact) mass is 507 g/mol. The minimum Gasteiger partial charge on any atom is -0.382 e. The molecule has 186 valence electrons. The number of nitrogens with zero attached hydrogens (tertiary/aromatic N) is 5. The topological polar surface area (TPSA) is 142 Å². The molecule has 0 bridgehead atoms. The van der Waals surface area contributed by atoms with Gasteiger partial charge in [-0.1, -0.05) is 11.3 Å². The zero-order chi connectivity index (χ0) is 26.0. The van der Waals surface area contributed by atoms with Crippen molar-refractivity contribution in [3.05, 3.63) is 58.9 Å². The van der Waals surface area contributed by atoms with Gasteiger partial charge in [0.25, 0.3) is 0 Å². The Morgan fingerprint density at radius 2 is 1.89 bits per heavy atom. The summed E-state index contributed by atoms with van der Waals surface area (Å²) in [5.41, 5.74) is 12.1. The number of pyridine rings is 1. The van der Waals surface area contributed by atoms with Crippen LogP contribution in [0.3, 0.4) is 0 Å². The fourth-order valence-electron chi connectivity index (χ4n) is 3.99. The van der Waals surface area contributed by atoms with Crippen molar-refractivity contribution in [3.63, 3.8) is 0 Å². The van der Waals surface area contributed by atoms with Gasteiger partial charge in [0.15, 0.2) is 5.13 Å². The van der Waals surface area contributed by atoms with Crippen LogP contribution in [-0.2, 0) is 4.79 Å². The molecule has 2 aromatic heterocycles. The second kappa shape index (κ2) is 9.91. The molecule has 3 heterocycles. The van der Waals surface area contributed by atoms with Gasteiger partial charge in [-0.3, -0.25) is 9.59 Å². The first-order valence-corrected chi connectivity index (χ1v) is 12.2. The molecule has 1 amide bonds. The number of nitriles is 1. The predicted octanol–water partition coefficient (Wildman–Crippen LogP) is 3.63. The van der Waals surface area contributed by atoms with Crippen molar-refractivity contribution < 1.29 is 14.0 Å². The molecule has 11 heteroatoms. The number of carbonyl (C=O) groups is 2. The molecule has 36 heavy (non-hydrogen) atoms. The van der Waals surface area contributed by atoms with E-state index >= 15 is 0 Å². The lowest BCUT2D eigenvalue weighted by Crippen LogP contribution is -2.39. The van der Waals surface area contributed by atoms with Gasteiger partial charge >= 0.3 is 0 Å². The average Bonchev–Trinajstić information content (AvgIpc) is 3.26. The molecular formula is C25H26FN7O2S. The van der Waals surface area contributed by atoms with Gasteiger partial charge in [0, 0.05) is 30.5 Å².